The van der Waals surface area contributed by atoms with Crippen LogP contribution >= 0.6 is 0 Å². The van der Waals surface area contributed by atoms with Crippen LogP contribution in [-0.2, 0) is 28.6 Å². The maximum Gasteiger partial charge on any atom is 0.306 e. The average molecular weight is 881 g/mol. The summed E-state index contributed by atoms with van der Waals surface area (Å²) in [4.78, 5) is 38.0. The largest absolute Gasteiger partial charge is 0.462 e. The maximum atomic E-state index is 12.8. The highest BCUT2D eigenvalue weighted by molar-refractivity contribution is 5.71. The number of esters is 3. The van der Waals surface area contributed by atoms with Crippen molar-refractivity contribution in [1.82, 2.24) is 0 Å². The Hall–Kier alpha value is -2.89. The van der Waals surface area contributed by atoms with Crippen LogP contribution in [0.15, 0.2) is 60.8 Å². The van der Waals surface area contributed by atoms with Gasteiger partial charge in [0, 0.05) is 19.3 Å². The van der Waals surface area contributed by atoms with Crippen molar-refractivity contribution in [3.05, 3.63) is 60.8 Å². The monoisotopic (exact) mass is 881 g/mol. The zero-order valence-electron chi connectivity index (χ0n) is 41.6. The van der Waals surface area contributed by atoms with Gasteiger partial charge < -0.3 is 14.2 Å². The molecular weight excluding hydrogens is 781 g/mol. The molecule has 0 aromatic carbocycles. The predicted molar refractivity (Wildman–Crippen MR) is 270 cm³/mol. The third-order valence-electron chi connectivity index (χ3n) is 11.5. The lowest BCUT2D eigenvalue weighted by Gasteiger charge is -2.18. The number of ether oxygens (including phenoxy) is 3. The van der Waals surface area contributed by atoms with E-state index in [2.05, 4.69) is 81.5 Å². The van der Waals surface area contributed by atoms with Gasteiger partial charge in [-0.25, -0.2) is 0 Å². The van der Waals surface area contributed by atoms with Gasteiger partial charge in [0.15, 0.2) is 6.10 Å². The number of carbonyl (C=O) groups excluding carboxylic acids is 3. The summed E-state index contributed by atoms with van der Waals surface area (Å²) in [7, 11) is 0. The van der Waals surface area contributed by atoms with Crippen molar-refractivity contribution in [3.63, 3.8) is 0 Å². The molecule has 0 aliphatic rings. The van der Waals surface area contributed by atoms with Crippen molar-refractivity contribution >= 4 is 17.9 Å². The van der Waals surface area contributed by atoms with Crippen molar-refractivity contribution in [1.29, 1.82) is 0 Å². The second-order valence-electron chi connectivity index (χ2n) is 17.8. The first-order chi connectivity index (χ1) is 31.0. The molecule has 0 radical (unpaired) electrons. The van der Waals surface area contributed by atoms with Crippen LogP contribution in [0.4, 0.5) is 0 Å². The molecule has 6 heteroatoms. The quantitative estimate of drug-likeness (QED) is 0.0262. The molecule has 0 unspecified atom stereocenters. The van der Waals surface area contributed by atoms with Gasteiger partial charge in [-0.2, -0.15) is 0 Å². The third kappa shape index (κ3) is 50.0. The molecule has 0 N–H and O–H groups in total. The van der Waals surface area contributed by atoms with E-state index in [1.807, 2.05) is 0 Å². The standard InChI is InChI=1S/C57H100O6/c1-4-7-10-13-16-19-22-24-26-28-30-32-35-38-41-44-47-50-56(59)62-53-54(52-61-55(58)49-46-43-40-37-34-21-18-15-12-9-6-3)63-57(60)51-48-45-42-39-36-33-31-29-27-25-23-20-17-14-11-8-5-2/h8,11,17,20,24-27,31,33,54H,4-7,9-10,12-16,18-19,21-23,28-30,32,34-53H2,1-3H3/b11-8-,20-17-,26-24-,27-25-,33-31-/t54-/m0/s1. The molecule has 6 nitrogen and oxygen atoms in total. The molecule has 63 heavy (non-hydrogen) atoms. The summed E-state index contributed by atoms with van der Waals surface area (Å²) in [5.74, 6) is -0.906. The number of hydrogen-bond acceptors (Lipinski definition) is 6. The van der Waals surface area contributed by atoms with Crippen molar-refractivity contribution < 1.29 is 28.6 Å². The summed E-state index contributed by atoms with van der Waals surface area (Å²) in [5.41, 5.74) is 0. The van der Waals surface area contributed by atoms with E-state index in [-0.39, 0.29) is 31.1 Å². The topological polar surface area (TPSA) is 78.9 Å². The molecular formula is C57H100O6. The highest BCUT2D eigenvalue weighted by Gasteiger charge is 2.19. The molecule has 0 heterocycles. The van der Waals surface area contributed by atoms with Crippen LogP contribution in [0.3, 0.4) is 0 Å². The molecule has 0 amide bonds. The van der Waals surface area contributed by atoms with Crippen LogP contribution in [0.25, 0.3) is 0 Å². The van der Waals surface area contributed by atoms with Gasteiger partial charge in [0.05, 0.1) is 0 Å². The first-order valence-electron chi connectivity index (χ1n) is 26.8. The second kappa shape index (κ2) is 51.7. The van der Waals surface area contributed by atoms with Crippen LogP contribution in [0.2, 0.25) is 0 Å². The first-order valence-corrected chi connectivity index (χ1v) is 26.8. The Morgan fingerprint density at radius 2 is 0.619 bits per heavy atom. The summed E-state index contributed by atoms with van der Waals surface area (Å²) in [6, 6.07) is 0. The first kappa shape index (κ1) is 60.1. The lowest BCUT2D eigenvalue weighted by molar-refractivity contribution is -0.167. The molecule has 364 valence electrons. The van der Waals surface area contributed by atoms with E-state index in [0.717, 1.165) is 96.3 Å². The van der Waals surface area contributed by atoms with Crippen LogP contribution in [0.5, 0.6) is 0 Å². The molecule has 0 spiro atoms. The van der Waals surface area contributed by atoms with Crippen molar-refractivity contribution in [2.24, 2.45) is 0 Å². The van der Waals surface area contributed by atoms with Gasteiger partial charge in [0.1, 0.15) is 13.2 Å². The zero-order chi connectivity index (χ0) is 45.8. The van der Waals surface area contributed by atoms with E-state index >= 15 is 0 Å². The maximum absolute atomic E-state index is 12.8. The van der Waals surface area contributed by atoms with Gasteiger partial charge in [-0.1, -0.05) is 223 Å². The molecule has 1 atom stereocenters. The predicted octanol–water partition coefficient (Wildman–Crippen LogP) is 17.6. The number of hydrogen-bond donors (Lipinski definition) is 0. The molecule has 0 aromatic heterocycles. The van der Waals surface area contributed by atoms with E-state index < -0.39 is 6.10 Å². The Morgan fingerprint density at radius 1 is 0.333 bits per heavy atom. The molecule has 0 aromatic rings. The van der Waals surface area contributed by atoms with E-state index in [1.165, 1.54) is 128 Å². The van der Waals surface area contributed by atoms with Gasteiger partial charge >= 0.3 is 17.9 Å². The van der Waals surface area contributed by atoms with Crippen LogP contribution in [-0.4, -0.2) is 37.2 Å². The molecule has 0 bridgehead atoms. The Balaban J connectivity index is 4.39. The number of carbonyl (C=O) groups is 3. The summed E-state index contributed by atoms with van der Waals surface area (Å²) in [6.45, 7) is 6.50. The van der Waals surface area contributed by atoms with Crippen molar-refractivity contribution in [3.8, 4) is 0 Å². The minimum atomic E-state index is -0.786. The lowest BCUT2D eigenvalue weighted by atomic mass is 10.1. The number of unbranched alkanes of at least 4 members (excludes halogenated alkanes) is 27. The Kier molecular flexibility index (Phi) is 49.4. The van der Waals surface area contributed by atoms with Crippen LogP contribution in [0, 0.1) is 0 Å². The zero-order valence-corrected chi connectivity index (χ0v) is 41.6. The summed E-state index contributed by atoms with van der Waals surface area (Å²) in [5, 5.41) is 0. The van der Waals surface area contributed by atoms with Gasteiger partial charge in [0.2, 0.25) is 0 Å². The molecule has 0 saturated carbocycles. The van der Waals surface area contributed by atoms with E-state index in [9.17, 15) is 14.4 Å². The van der Waals surface area contributed by atoms with Crippen LogP contribution in [0.1, 0.15) is 265 Å². The Morgan fingerprint density at radius 3 is 0.984 bits per heavy atom. The fraction of sp³-hybridized carbons (Fsp3) is 0.772. The SMILES string of the molecule is CC/C=C\C/C=C\C/C=C\C/C=C\CCCCCCC(=O)O[C@H](COC(=O)CCCCCCCCC/C=C\CCCCCCCC)COC(=O)CCCCCCCCCCCCC. The van der Waals surface area contributed by atoms with Gasteiger partial charge in [-0.3, -0.25) is 14.4 Å². The lowest BCUT2D eigenvalue weighted by Crippen LogP contribution is -2.30. The van der Waals surface area contributed by atoms with Crippen molar-refractivity contribution in [2.75, 3.05) is 13.2 Å². The minimum Gasteiger partial charge on any atom is -0.462 e. The molecule has 0 aliphatic carbocycles. The minimum absolute atomic E-state index is 0.0837. The normalized spacial score (nSPS) is 12.5. The molecule has 0 saturated heterocycles. The van der Waals surface area contributed by atoms with Gasteiger partial charge in [-0.05, 0) is 83.5 Å². The van der Waals surface area contributed by atoms with Gasteiger partial charge in [0.25, 0.3) is 0 Å². The number of allylic oxidation sites excluding steroid dienone is 10. The molecule has 0 fully saturated rings. The Labute approximate surface area is 390 Å². The highest BCUT2D eigenvalue weighted by atomic mass is 16.6. The van der Waals surface area contributed by atoms with Crippen molar-refractivity contribution in [2.45, 2.75) is 271 Å². The van der Waals surface area contributed by atoms with E-state index in [0.29, 0.717) is 19.3 Å². The van der Waals surface area contributed by atoms with Crippen LogP contribution < -0.4 is 0 Å². The van der Waals surface area contributed by atoms with Gasteiger partial charge in [-0.15, -0.1) is 0 Å². The number of rotatable bonds is 48. The fourth-order valence-corrected chi connectivity index (χ4v) is 7.49. The fourth-order valence-electron chi connectivity index (χ4n) is 7.49. The van der Waals surface area contributed by atoms with E-state index in [1.54, 1.807) is 0 Å². The summed E-state index contributed by atoms with van der Waals surface area (Å²) in [6.07, 6.45) is 63.4. The van der Waals surface area contributed by atoms with E-state index in [4.69, 9.17) is 14.2 Å². The Bertz CT molecular complexity index is 1150. The highest BCUT2D eigenvalue weighted by Crippen LogP contribution is 2.15. The third-order valence-corrected chi connectivity index (χ3v) is 11.5. The summed E-state index contributed by atoms with van der Waals surface area (Å²) < 4.78 is 16.8. The molecule has 0 rings (SSSR count). The smallest absolute Gasteiger partial charge is 0.306 e. The average Bonchev–Trinajstić information content (AvgIpc) is 3.28. The summed E-state index contributed by atoms with van der Waals surface area (Å²) >= 11 is 0. The second-order valence-corrected chi connectivity index (χ2v) is 17.8. The molecule has 0 aliphatic heterocycles.